The fraction of sp³-hybridized carbons (Fsp3) is 0.100. The highest BCUT2D eigenvalue weighted by molar-refractivity contribution is 9.10. The lowest BCUT2D eigenvalue weighted by Gasteiger charge is -2.17. The van der Waals surface area contributed by atoms with Gasteiger partial charge in [0.15, 0.2) is 5.82 Å². The molecule has 0 aliphatic rings. The smallest absolute Gasteiger partial charge is 0.290 e. The Labute approximate surface area is 174 Å². The Morgan fingerprint density at radius 3 is 2.61 bits per heavy atom. The fourth-order valence-corrected chi connectivity index (χ4v) is 3.71. The van der Waals surface area contributed by atoms with Gasteiger partial charge in [-0.25, -0.2) is 14.6 Å². The third-order valence-corrected chi connectivity index (χ3v) is 5.43. The molecule has 4 rings (SSSR count). The maximum Gasteiger partial charge on any atom is 0.299 e. The summed E-state index contributed by atoms with van der Waals surface area (Å²) in [6.07, 6.45) is 1.67. The van der Waals surface area contributed by atoms with Crippen molar-refractivity contribution in [3.8, 4) is 16.4 Å². The second-order valence-corrected chi connectivity index (χ2v) is 7.73. The summed E-state index contributed by atoms with van der Waals surface area (Å²) in [6.45, 7) is 2.36. The molecule has 0 saturated heterocycles. The third kappa shape index (κ3) is 3.61. The van der Waals surface area contributed by atoms with Crippen LogP contribution in [0.5, 0.6) is 0 Å². The summed E-state index contributed by atoms with van der Waals surface area (Å²) in [5.41, 5.74) is 0.849. The predicted octanol–water partition coefficient (Wildman–Crippen LogP) is 4.82. The lowest BCUT2D eigenvalue weighted by molar-refractivity contribution is 0.0977. The fourth-order valence-electron chi connectivity index (χ4n) is 2.78. The molecule has 0 aliphatic heterocycles. The molecule has 8 heteroatoms. The first kappa shape index (κ1) is 18.5. The van der Waals surface area contributed by atoms with E-state index in [0.29, 0.717) is 18.2 Å². The maximum atomic E-state index is 13.2. The third-order valence-electron chi connectivity index (χ3n) is 4.09. The lowest BCUT2D eigenvalue weighted by Crippen LogP contribution is -2.32. The predicted molar refractivity (Wildman–Crippen MR) is 114 cm³/mol. The van der Waals surface area contributed by atoms with Gasteiger partial charge >= 0.3 is 0 Å². The molecule has 4 aromatic rings. The van der Waals surface area contributed by atoms with Crippen molar-refractivity contribution < 1.29 is 4.79 Å². The first-order valence-electron chi connectivity index (χ1n) is 8.67. The van der Waals surface area contributed by atoms with E-state index in [1.54, 1.807) is 33.2 Å². The topological polar surface area (TPSA) is 63.9 Å². The molecule has 140 valence electrons. The number of aromatic nitrogens is 4. The number of carbonyl (C=O) groups excluding carboxylic acids is 1. The number of nitrogens with zero attached hydrogens (tertiary/aromatic N) is 5. The number of pyridine rings is 1. The number of carbonyl (C=O) groups is 1. The summed E-state index contributed by atoms with van der Waals surface area (Å²) in [7, 11) is 0. The number of thiophene rings is 1. The Balaban J connectivity index is 1.77. The van der Waals surface area contributed by atoms with E-state index < -0.39 is 0 Å². The van der Waals surface area contributed by atoms with Crippen LogP contribution in [0.4, 0.5) is 5.82 Å². The molecule has 0 radical (unpaired) electrons. The number of amides is 1. The van der Waals surface area contributed by atoms with Crippen LogP contribution in [0.2, 0.25) is 0 Å². The molecule has 28 heavy (non-hydrogen) atoms. The van der Waals surface area contributed by atoms with E-state index >= 15 is 0 Å². The van der Waals surface area contributed by atoms with Crippen LogP contribution in [0.1, 0.15) is 17.5 Å². The van der Waals surface area contributed by atoms with Crippen molar-refractivity contribution in [1.29, 1.82) is 0 Å². The van der Waals surface area contributed by atoms with Gasteiger partial charge in [-0.05, 0) is 58.6 Å². The molecule has 3 heterocycles. The van der Waals surface area contributed by atoms with Crippen molar-refractivity contribution >= 4 is 39.0 Å². The first-order valence-corrected chi connectivity index (χ1v) is 10.3. The second-order valence-electron chi connectivity index (χ2n) is 5.87. The van der Waals surface area contributed by atoms with E-state index in [0.717, 1.165) is 15.0 Å². The second kappa shape index (κ2) is 8.04. The summed E-state index contributed by atoms with van der Waals surface area (Å²) in [5, 5.41) is 6.51. The van der Waals surface area contributed by atoms with Crippen molar-refractivity contribution in [3.63, 3.8) is 0 Å². The molecule has 1 aromatic carbocycles. The highest BCUT2D eigenvalue weighted by atomic mass is 79.9. The van der Waals surface area contributed by atoms with Gasteiger partial charge in [0.1, 0.15) is 5.82 Å². The molecule has 6 nitrogen and oxygen atoms in total. The summed E-state index contributed by atoms with van der Waals surface area (Å²) < 4.78 is 2.56. The summed E-state index contributed by atoms with van der Waals surface area (Å²) >= 11 is 4.92. The Bertz CT molecular complexity index is 1080. The Hall–Kier alpha value is -2.84. The minimum atomic E-state index is -0.287. The molecule has 3 aromatic heterocycles. The highest BCUT2D eigenvalue weighted by Gasteiger charge is 2.24. The van der Waals surface area contributed by atoms with Crippen LogP contribution in [0.3, 0.4) is 0 Å². The number of hydrogen-bond acceptors (Lipinski definition) is 5. The number of hydrogen-bond donors (Lipinski definition) is 0. The van der Waals surface area contributed by atoms with Crippen molar-refractivity contribution in [2.24, 2.45) is 0 Å². The monoisotopic (exact) mass is 453 g/mol. The molecule has 0 bridgehead atoms. The first-order chi connectivity index (χ1) is 13.7. The number of anilines is 1. The Morgan fingerprint density at radius 1 is 1.14 bits per heavy atom. The maximum absolute atomic E-state index is 13.2. The van der Waals surface area contributed by atoms with Crippen molar-refractivity contribution in [1.82, 2.24) is 19.7 Å². The normalized spacial score (nSPS) is 10.8. The molecule has 0 unspecified atom stereocenters. The standard InChI is InChI=1S/C20H16BrN5OS/c1-2-25(17-11-10-14(21)13-22-17)20(27)18-23-19(16-9-6-12-28-16)26(24-18)15-7-4-3-5-8-15/h3-13H,2H2,1H3. The Kier molecular flexibility index (Phi) is 5.31. The molecule has 1 amide bonds. The van der Waals surface area contributed by atoms with Gasteiger partial charge in [-0.1, -0.05) is 24.3 Å². The lowest BCUT2D eigenvalue weighted by atomic mass is 10.3. The number of rotatable bonds is 5. The van der Waals surface area contributed by atoms with Gasteiger partial charge in [0.2, 0.25) is 5.82 Å². The average molecular weight is 454 g/mol. The minimum Gasteiger partial charge on any atom is -0.290 e. The average Bonchev–Trinajstić information content (AvgIpc) is 3.40. The molecule has 0 fully saturated rings. The largest absolute Gasteiger partial charge is 0.299 e. The van der Waals surface area contributed by atoms with E-state index in [9.17, 15) is 4.79 Å². The molecule has 0 saturated carbocycles. The van der Waals surface area contributed by atoms with Crippen LogP contribution in [0.15, 0.2) is 70.6 Å². The van der Waals surface area contributed by atoms with Crippen LogP contribution in [0, 0.1) is 0 Å². The van der Waals surface area contributed by atoms with E-state index in [2.05, 4.69) is 31.0 Å². The minimum absolute atomic E-state index is 0.138. The SMILES string of the molecule is CCN(C(=O)c1nc(-c2cccs2)n(-c2ccccc2)n1)c1ccc(Br)cn1. The van der Waals surface area contributed by atoms with Crippen LogP contribution >= 0.6 is 27.3 Å². The highest BCUT2D eigenvalue weighted by Crippen LogP contribution is 2.26. The molecule has 0 aliphatic carbocycles. The van der Waals surface area contributed by atoms with Gasteiger partial charge in [-0.2, -0.15) is 0 Å². The van der Waals surface area contributed by atoms with Crippen molar-refractivity contribution in [3.05, 3.63) is 76.5 Å². The summed E-state index contributed by atoms with van der Waals surface area (Å²) in [4.78, 5) is 24.6. The molecule has 0 N–H and O–H groups in total. The number of para-hydroxylation sites is 1. The van der Waals surface area contributed by atoms with Gasteiger partial charge in [-0.15, -0.1) is 16.4 Å². The van der Waals surface area contributed by atoms with Gasteiger partial charge in [0.05, 0.1) is 10.6 Å². The zero-order chi connectivity index (χ0) is 19.5. The van der Waals surface area contributed by atoms with Gasteiger partial charge in [-0.3, -0.25) is 9.69 Å². The zero-order valence-electron chi connectivity index (χ0n) is 15.0. The zero-order valence-corrected chi connectivity index (χ0v) is 17.4. The van der Waals surface area contributed by atoms with Crippen LogP contribution < -0.4 is 4.90 Å². The van der Waals surface area contributed by atoms with Crippen LogP contribution in [-0.4, -0.2) is 32.2 Å². The van der Waals surface area contributed by atoms with E-state index in [4.69, 9.17) is 0 Å². The van der Waals surface area contributed by atoms with E-state index in [1.807, 2.05) is 60.8 Å². The Morgan fingerprint density at radius 2 is 1.96 bits per heavy atom. The van der Waals surface area contributed by atoms with Crippen molar-refractivity contribution in [2.75, 3.05) is 11.4 Å². The molecular weight excluding hydrogens is 438 g/mol. The summed E-state index contributed by atoms with van der Waals surface area (Å²) in [5.74, 6) is 1.05. The van der Waals surface area contributed by atoms with E-state index in [1.165, 1.54) is 0 Å². The molecule has 0 spiro atoms. The van der Waals surface area contributed by atoms with Crippen LogP contribution in [-0.2, 0) is 0 Å². The quantitative estimate of drug-likeness (QED) is 0.434. The number of benzene rings is 1. The molecule has 0 atom stereocenters. The number of halogens is 1. The van der Waals surface area contributed by atoms with Gasteiger partial charge in [0, 0.05) is 17.2 Å². The van der Waals surface area contributed by atoms with E-state index in [-0.39, 0.29) is 11.7 Å². The van der Waals surface area contributed by atoms with Crippen molar-refractivity contribution in [2.45, 2.75) is 6.92 Å². The summed E-state index contributed by atoms with van der Waals surface area (Å²) in [6, 6.07) is 17.2. The van der Waals surface area contributed by atoms with Gasteiger partial charge in [0.25, 0.3) is 5.91 Å². The van der Waals surface area contributed by atoms with Crippen LogP contribution in [0.25, 0.3) is 16.4 Å². The van der Waals surface area contributed by atoms with Gasteiger partial charge < -0.3 is 0 Å². The molecular formula is C20H16BrN5OS.